The van der Waals surface area contributed by atoms with Crippen molar-refractivity contribution in [2.75, 3.05) is 6.26 Å². The Labute approximate surface area is 203 Å². The second kappa shape index (κ2) is 8.76. The van der Waals surface area contributed by atoms with Gasteiger partial charge in [0.1, 0.15) is 11.5 Å². The van der Waals surface area contributed by atoms with Crippen LogP contribution in [0.4, 0.5) is 13.2 Å². The molecule has 0 amide bonds. The lowest BCUT2D eigenvalue weighted by Gasteiger charge is -2.14. The van der Waals surface area contributed by atoms with Crippen molar-refractivity contribution < 1.29 is 26.0 Å². The molecule has 182 valence electrons. The smallest absolute Gasteiger partial charge is 0.417 e. The molecule has 0 aliphatic rings. The maximum Gasteiger partial charge on any atom is 0.417 e. The predicted octanol–water partition coefficient (Wildman–Crippen LogP) is 5.68. The number of hydrogen-bond donors (Lipinski definition) is 0. The molecule has 0 aliphatic heterocycles. The van der Waals surface area contributed by atoms with E-state index in [1.54, 1.807) is 42.5 Å². The van der Waals surface area contributed by atoms with Crippen LogP contribution in [0, 0.1) is 0 Å². The minimum Gasteiger partial charge on any atom is -0.422 e. The molecule has 3 aromatic carbocycles. The second-order valence-electron chi connectivity index (χ2n) is 7.95. The van der Waals surface area contributed by atoms with Crippen LogP contribution in [0.15, 0.2) is 94.7 Å². The summed E-state index contributed by atoms with van der Waals surface area (Å²) < 4.78 is 71.9. The normalized spacial score (nSPS) is 12.1. The number of aromatic nitrogens is 4. The third-order valence-electron chi connectivity index (χ3n) is 5.50. The Bertz CT molecular complexity index is 1640. The Morgan fingerprint density at radius 3 is 2.33 bits per heavy atom. The van der Waals surface area contributed by atoms with E-state index in [9.17, 15) is 21.6 Å². The SMILES string of the molecule is CS(=O)(=O)c1cccc(-c2ccc(-n3cc(-c4nnco4)nc3-c3ccccc3C(F)(F)F)cc2)c1. The molecule has 0 radical (unpaired) electrons. The number of hydrogen-bond acceptors (Lipinski definition) is 6. The van der Waals surface area contributed by atoms with E-state index in [0.717, 1.165) is 24.3 Å². The molecule has 0 spiro atoms. The number of halogens is 3. The van der Waals surface area contributed by atoms with Gasteiger partial charge < -0.3 is 4.42 Å². The summed E-state index contributed by atoms with van der Waals surface area (Å²) in [6.07, 6.45) is -0.825. The lowest BCUT2D eigenvalue weighted by atomic mass is 10.0. The van der Waals surface area contributed by atoms with Crippen molar-refractivity contribution in [1.82, 2.24) is 19.7 Å². The lowest BCUT2D eigenvalue weighted by Crippen LogP contribution is -2.08. The summed E-state index contributed by atoms with van der Waals surface area (Å²) in [5, 5.41) is 7.44. The molecule has 0 aliphatic carbocycles. The molecule has 0 atom stereocenters. The Morgan fingerprint density at radius 1 is 0.917 bits per heavy atom. The van der Waals surface area contributed by atoms with Crippen LogP contribution < -0.4 is 0 Å². The molecular formula is C25H17F3N4O3S. The van der Waals surface area contributed by atoms with Crippen molar-refractivity contribution in [3.8, 4) is 39.8 Å². The predicted molar refractivity (Wildman–Crippen MR) is 126 cm³/mol. The van der Waals surface area contributed by atoms with E-state index >= 15 is 0 Å². The molecule has 0 bridgehead atoms. The van der Waals surface area contributed by atoms with Crippen LogP contribution in [-0.4, -0.2) is 34.4 Å². The first-order chi connectivity index (χ1) is 17.1. The standard InChI is InChI=1S/C25H17F3N4O3S/c1-36(33,34)19-6-4-5-17(13-19)16-9-11-18(12-10-16)32-14-22(24-31-29-15-35-24)30-23(32)20-7-2-3-8-21(20)25(26,27)28/h2-15H,1H3. The highest BCUT2D eigenvalue weighted by atomic mass is 32.2. The molecular weight excluding hydrogens is 493 g/mol. The molecule has 0 saturated heterocycles. The van der Waals surface area contributed by atoms with E-state index in [0.29, 0.717) is 11.3 Å². The molecule has 11 heteroatoms. The van der Waals surface area contributed by atoms with Crippen LogP contribution in [0.1, 0.15) is 5.56 Å². The number of rotatable bonds is 5. The van der Waals surface area contributed by atoms with Crippen molar-refractivity contribution in [2.24, 2.45) is 0 Å². The molecule has 0 saturated carbocycles. The van der Waals surface area contributed by atoms with Gasteiger partial charge in [0.25, 0.3) is 5.89 Å². The van der Waals surface area contributed by atoms with Gasteiger partial charge in [0, 0.05) is 23.7 Å². The van der Waals surface area contributed by atoms with Crippen LogP contribution in [0.25, 0.3) is 39.8 Å². The average molecular weight is 510 g/mol. The van der Waals surface area contributed by atoms with Crippen molar-refractivity contribution in [1.29, 1.82) is 0 Å². The quantitative estimate of drug-likeness (QED) is 0.302. The van der Waals surface area contributed by atoms with Crippen LogP contribution in [0.3, 0.4) is 0 Å². The third-order valence-corrected chi connectivity index (χ3v) is 6.61. The van der Waals surface area contributed by atoms with Gasteiger partial charge in [-0.3, -0.25) is 4.57 Å². The van der Waals surface area contributed by atoms with E-state index in [1.165, 1.54) is 35.0 Å². The molecule has 0 fully saturated rings. The topological polar surface area (TPSA) is 90.9 Å². The summed E-state index contributed by atoms with van der Waals surface area (Å²) in [5.74, 6) is 0.108. The fourth-order valence-electron chi connectivity index (χ4n) is 3.80. The highest BCUT2D eigenvalue weighted by molar-refractivity contribution is 7.90. The van der Waals surface area contributed by atoms with Crippen LogP contribution >= 0.6 is 0 Å². The van der Waals surface area contributed by atoms with E-state index in [1.807, 2.05) is 0 Å². The summed E-state index contributed by atoms with van der Waals surface area (Å²) in [6.45, 7) is 0. The van der Waals surface area contributed by atoms with E-state index < -0.39 is 21.6 Å². The zero-order valence-corrected chi connectivity index (χ0v) is 19.5. The number of imidazole rings is 1. The van der Waals surface area contributed by atoms with Gasteiger partial charge >= 0.3 is 6.18 Å². The zero-order chi connectivity index (χ0) is 25.5. The van der Waals surface area contributed by atoms with Gasteiger partial charge in [0.15, 0.2) is 9.84 Å². The summed E-state index contributed by atoms with van der Waals surface area (Å²) in [4.78, 5) is 4.58. The fraction of sp³-hybridized carbons (Fsp3) is 0.0800. The van der Waals surface area contributed by atoms with E-state index in [-0.39, 0.29) is 27.9 Å². The molecule has 2 heterocycles. The summed E-state index contributed by atoms with van der Waals surface area (Å²) in [6, 6.07) is 18.6. The zero-order valence-electron chi connectivity index (χ0n) is 18.6. The maximum atomic E-state index is 13.8. The molecule has 2 aromatic heterocycles. The van der Waals surface area contributed by atoms with E-state index in [4.69, 9.17) is 4.42 Å². The van der Waals surface area contributed by atoms with Crippen LogP contribution in [0.2, 0.25) is 0 Å². The Balaban J connectivity index is 1.63. The first-order valence-electron chi connectivity index (χ1n) is 10.5. The Hall–Kier alpha value is -4.25. The van der Waals surface area contributed by atoms with Crippen molar-refractivity contribution in [2.45, 2.75) is 11.1 Å². The average Bonchev–Trinajstić information content (AvgIpc) is 3.54. The van der Waals surface area contributed by atoms with Gasteiger partial charge in [0.2, 0.25) is 6.39 Å². The van der Waals surface area contributed by atoms with Gasteiger partial charge in [-0.15, -0.1) is 10.2 Å². The molecule has 7 nitrogen and oxygen atoms in total. The number of sulfone groups is 1. The van der Waals surface area contributed by atoms with Crippen molar-refractivity contribution in [3.05, 3.63) is 91.0 Å². The van der Waals surface area contributed by atoms with Gasteiger partial charge in [-0.2, -0.15) is 13.2 Å². The van der Waals surface area contributed by atoms with Crippen LogP contribution in [0.5, 0.6) is 0 Å². The van der Waals surface area contributed by atoms with Crippen molar-refractivity contribution >= 4 is 9.84 Å². The molecule has 36 heavy (non-hydrogen) atoms. The Morgan fingerprint density at radius 2 is 1.67 bits per heavy atom. The lowest BCUT2D eigenvalue weighted by molar-refractivity contribution is -0.137. The molecule has 0 unspecified atom stereocenters. The second-order valence-corrected chi connectivity index (χ2v) is 9.97. The largest absolute Gasteiger partial charge is 0.422 e. The molecule has 5 rings (SSSR count). The number of benzene rings is 3. The monoisotopic (exact) mass is 510 g/mol. The third kappa shape index (κ3) is 4.52. The van der Waals surface area contributed by atoms with Gasteiger partial charge in [-0.1, -0.05) is 42.5 Å². The van der Waals surface area contributed by atoms with Gasteiger partial charge in [0.05, 0.1) is 10.5 Å². The first kappa shape index (κ1) is 23.5. The summed E-state index contributed by atoms with van der Waals surface area (Å²) in [5.41, 5.74) is 1.22. The minimum absolute atomic E-state index is 0.0444. The molecule has 5 aromatic rings. The first-order valence-corrected chi connectivity index (χ1v) is 12.4. The maximum absolute atomic E-state index is 13.8. The highest BCUT2D eigenvalue weighted by Gasteiger charge is 2.35. The van der Waals surface area contributed by atoms with E-state index in [2.05, 4.69) is 15.2 Å². The number of nitrogens with zero attached hydrogens (tertiary/aromatic N) is 4. The summed E-state index contributed by atoms with van der Waals surface area (Å²) >= 11 is 0. The minimum atomic E-state index is -4.59. The van der Waals surface area contributed by atoms with Gasteiger partial charge in [-0.25, -0.2) is 13.4 Å². The summed E-state index contributed by atoms with van der Waals surface area (Å²) in [7, 11) is -3.38. The highest BCUT2D eigenvalue weighted by Crippen LogP contribution is 2.38. The van der Waals surface area contributed by atoms with Crippen molar-refractivity contribution in [3.63, 3.8) is 0 Å². The Kier molecular flexibility index (Phi) is 5.71. The van der Waals surface area contributed by atoms with Crippen LogP contribution in [-0.2, 0) is 16.0 Å². The van der Waals surface area contributed by atoms with Gasteiger partial charge in [-0.05, 0) is 41.5 Å². The molecule has 0 N–H and O–H groups in total. The fourth-order valence-corrected chi connectivity index (χ4v) is 4.47. The number of alkyl halides is 3.